The molecule has 0 bridgehead atoms. The molecule has 0 spiro atoms. The summed E-state index contributed by atoms with van der Waals surface area (Å²) in [7, 11) is 0. The third-order valence-corrected chi connectivity index (χ3v) is 4.58. The van der Waals surface area contributed by atoms with E-state index in [-0.39, 0.29) is 0 Å². The highest BCUT2D eigenvalue weighted by Crippen LogP contribution is 2.52. The molecule has 0 aromatic rings. The van der Waals surface area contributed by atoms with Crippen molar-refractivity contribution in [3.05, 3.63) is 11.8 Å². The van der Waals surface area contributed by atoms with Crippen LogP contribution in [0, 0.1) is 11.3 Å². The van der Waals surface area contributed by atoms with Crippen molar-refractivity contribution in [2.75, 3.05) is 13.1 Å². The predicted octanol–water partition coefficient (Wildman–Crippen LogP) is 5.05. The Morgan fingerprint density at radius 3 is 2.23 bits per heavy atom. The highest BCUT2D eigenvalue weighted by Gasteiger charge is 2.46. The number of nitrogens with zero attached hydrogens (tertiary/aromatic N) is 2. The molecule has 1 aliphatic carbocycles. The van der Waals surface area contributed by atoms with Gasteiger partial charge in [-0.1, -0.05) is 47.6 Å². The van der Waals surface area contributed by atoms with Crippen LogP contribution in [0.5, 0.6) is 0 Å². The highest BCUT2D eigenvalue weighted by molar-refractivity contribution is 5.24. The molecule has 0 aromatic carbocycles. The zero-order valence-corrected chi connectivity index (χ0v) is 16.1. The van der Waals surface area contributed by atoms with E-state index in [1.54, 1.807) is 0 Å². The maximum absolute atomic E-state index is 4.28. The third kappa shape index (κ3) is 6.95. The van der Waals surface area contributed by atoms with Gasteiger partial charge < -0.3 is 5.32 Å². The van der Waals surface area contributed by atoms with Crippen LogP contribution in [0.15, 0.2) is 16.9 Å². The van der Waals surface area contributed by atoms with E-state index in [9.17, 15) is 0 Å². The number of hydrazone groups is 1. The fourth-order valence-electron chi connectivity index (χ4n) is 2.70. The Hall–Kier alpha value is -0.830. The molecule has 0 aliphatic heterocycles. The molecule has 0 unspecified atom stereocenters. The Bertz CT molecular complexity index is 328. The third-order valence-electron chi connectivity index (χ3n) is 4.58. The van der Waals surface area contributed by atoms with Crippen molar-refractivity contribution in [1.82, 2.24) is 10.3 Å². The van der Waals surface area contributed by atoms with Gasteiger partial charge in [0.15, 0.2) is 0 Å². The van der Waals surface area contributed by atoms with E-state index in [1.165, 1.54) is 18.5 Å². The maximum atomic E-state index is 4.28. The van der Waals surface area contributed by atoms with Gasteiger partial charge >= 0.3 is 0 Å². The van der Waals surface area contributed by atoms with E-state index in [1.807, 2.05) is 13.8 Å². The second kappa shape index (κ2) is 10.8. The van der Waals surface area contributed by atoms with E-state index in [2.05, 4.69) is 62.8 Å². The molecule has 1 fully saturated rings. The fraction of sp³-hybridized carbons (Fsp3) is 0.842. The van der Waals surface area contributed by atoms with Gasteiger partial charge in [0.25, 0.3) is 0 Å². The molecule has 0 radical (unpaired) electrons. The number of allylic oxidation sites excluding steroid dienone is 2. The van der Waals surface area contributed by atoms with Crippen molar-refractivity contribution in [1.29, 1.82) is 0 Å². The smallest absolute Gasteiger partial charge is 0.0470 e. The van der Waals surface area contributed by atoms with Crippen molar-refractivity contribution in [2.24, 2.45) is 16.4 Å². The van der Waals surface area contributed by atoms with Crippen LogP contribution in [-0.4, -0.2) is 30.9 Å². The average molecular weight is 310 g/mol. The molecule has 1 aliphatic rings. The topological polar surface area (TPSA) is 27.6 Å². The maximum Gasteiger partial charge on any atom is 0.0470 e. The first-order chi connectivity index (χ1) is 10.4. The molecule has 1 saturated carbocycles. The Balaban J connectivity index is 0.00000211. The first kappa shape index (κ1) is 21.2. The molecule has 0 aromatic heterocycles. The zero-order valence-electron chi connectivity index (χ0n) is 16.1. The molecule has 1 rings (SSSR count). The van der Waals surface area contributed by atoms with Gasteiger partial charge in [-0.2, -0.15) is 5.10 Å². The average Bonchev–Trinajstić information content (AvgIpc) is 3.28. The number of hydrogen-bond donors (Lipinski definition) is 1. The summed E-state index contributed by atoms with van der Waals surface area (Å²) in [5, 5.41) is 9.89. The first-order valence-corrected chi connectivity index (χ1v) is 9.08. The Labute approximate surface area is 139 Å². The molecule has 3 heteroatoms. The minimum Gasteiger partial charge on any atom is -0.315 e. The molecular weight excluding hydrogens is 270 g/mol. The monoisotopic (exact) mass is 309 g/mol. The van der Waals surface area contributed by atoms with Crippen LogP contribution in [0.2, 0.25) is 0 Å². The Morgan fingerprint density at radius 2 is 1.86 bits per heavy atom. The van der Waals surface area contributed by atoms with Gasteiger partial charge in [0.05, 0.1) is 0 Å². The van der Waals surface area contributed by atoms with Crippen LogP contribution >= 0.6 is 0 Å². The molecule has 130 valence electrons. The second-order valence-electron chi connectivity index (χ2n) is 6.71. The van der Waals surface area contributed by atoms with Crippen molar-refractivity contribution in [3.8, 4) is 0 Å². The largest absolute Gasteiger partial charge is 0.315 e. The fourth-order valence-corrected chi connectivity index (χ4v) is 2.70. The van der Waals surface area contributed by atoms with E-state index in [4.69, 9.17) is 0 Å². The molecule has 3 nitrogen and oxygen atoms in total. The van der Waals surface area contributed by atoms with Crippen LogP contribution in [0.4, 0.5) is 0 Å². The quantitative estimate of drug-likeness (QED) is 0.347. The van der Waals surface area contributed by atoms with E-state index in [0.29, 0.717) is 11.5 Å². The van der Waals surface area contributed by atoms with Crippen molar-refractivity contribution in [2.45, 2.75) is 80.2 Å². The lowest BCUT2D eigenvalue weighted by molar-refractivity contribution is 0.226. The summed E-state index contributed by atoms with van der Waals surface area (Å²) in [6.07, 6.45) is 7.09. The van der Waals surface area contributed by atoms with Crippen LogP contribution < -0.4 is 5.32 Å². The number of hydrogen-bond acceptors (Lipinski definition) is 3. The lowest BCUT2D eigenvalue weighted by Crippen LogP contribution is -2.29. The van der Waals surface area contributed by atoms with Gasteiger partial charge in [0.1, 0.15) is 0 Å². The Morgan fingerprint density at radius 1 is 1.27 bits per heavy atom. The lowest BCUT2D eigenvalue weighted by Gasteiger charge is -2.29. The van der Waals surface area contributed by atoms with E-state index >= 15 is 0 Å². The minimum atomic E-state index is 0.478. The van der Waals surface area contributed by atoms with Crippen LogP contribution in [0.3, 0.4) is 0 Å². The van der Waals surface area contributed by atoms with Crippen LogP contribution in [0.1, 0.15) is 74.1 Å². The van der Waals surface area contributed by atoms with Gasteiger partial charge in [-0.05, 0) is 50.5 Å². The van der Waals surface area contributed by atoms with Gasteiger partial charge in [0.2, 0.25) is 0 Å². The van der Waals surface area contributed by atoms with Crippen molar-refractivity contribution in [3.63, 3.8) is 0 Å². The summed E-state index contributed by atoms with van der Waals surface area (Å²) in [5.41, 5.74) is 1.79. The van der Waals surface area contributed by atoms with Gasteiger partial charge in [-0.3, -0.25) is 5.01 Å². The standard InChI is InChI=1S/C17H33N3.C2H6/c1-7-16(9-8-12-19-15(4)5)20(18-6)13-17(10-11-17)14(2)3;1-2/h7,14-15,19H,6,8-13H2,1-5H3;1-2H3/b16-7-;. The molecule has 0 saturated heterocycles. The predicted molar refractivity (Wildman–Crippen MR) is 100 cm³/mol. The normalized spacial score (nSPS) is 16.3. The summed E-state index contributed by atoms with van der Waals surface area (Å²) < 4.78 is 0. The van der Waals surface area contributed by atoms with E-state index in [0.717, 1.165) is 31.8 Å². The summed E-state index contributed by atoms with van der Waals surface area (Å²) in [5.74, 6) is 0.729. The number of nitrogens with one attached hydrogen (secondary N) is 1. The second-order valence-corrected chi connectivity index (χ2v) is 6.71. The van der Waals surface area contributed by atoms with Gasteiger partial charge in [0, 0.05) is 25.0 Å². The summed E-state index contributed by atoms with van der Waals surface area (Å²) in [6, 6.07) is 0.563. The summed E-state index contributed by atoms with van der Waals surface area (Å²) >= 11 is 0. The van der Waals surface area contributed by atoms with Crippen molar-refractivity contribution < 1.29 is 0 Å². The van der Waals surface area contributed by atoms with Gasteiger partial charge in [-0.15, -0.1) is 0 Å². The molecule has 22 heavy (non-hydrogen) atoms. The van der Waals surface area contributed by atoms with Crippen LogP contribution in [0.25, 0.3) is 0 Å². The summed E-state index contributed by atoms with van der Waals surface area (Å²) in [6.45, 7) is 21.0. The van der Waals surface area contributed by atoms with E-state index < -0.39 is 0 Å². The minimum absolute atomic E-state index is 0.478. The zero-order chi connectivity index (χ0) is 17.2. The molecule has 0 amide bonds. The molecule has 0 atom stereocenters. The first-order valence-electron chi connectivity index (χ1n) is 9.08. The summed E-state index contributed by atoms with van der Waals surface area (Å²) in [4.78, 5) is 0. The Kier molecular flexibility index (Phi) is 10.4. The van der Waals surface area contributed by atoms with Crippen molar-refractivity contribution >= 4 is 6.72 Å². The molecule has 1 N–H and O–H groups in total. The molecular formula is C19H39N3. The lowest BCUT2D eigenvalue weighted by atomic mass is 9.92. The molecule has 0 heterocycles. The highest BCUT2D eigenvalue weighted by atomic mass is 15.5. The number of rotatable bonds is 10. The van der Waals surface area contributed by atoms with Crippen LogP contribution in [-0.2, 0) is 0 Å². The SMILES string of the molecule is C=NN(CC1(C(C)C)CC1)/C(=C\C)CCCNC(C)C.CC. The van der Waals surface area contributed by atoms with Gasteiger partial charge in [-0.25, -0.2) is 0 Å².